The summed E-state index contributed by atoms with van der Waals surface area (Å²) in [4.78, 5) is 24.5. The number of ether oxygens (including phenoxy) is 1. The van der Waals surface area contributed by atoms with E-state index in [-0.39, 0.29) is 41.7 Å². The first-order valence-corrected chi connectivity index (χ1v) is 7.70. The van der Waals surface area contributed by atoms with Crippen molar-refractivity contribution in [3.05, 3.63) is 28.8 Å². The van der Waals surface area contributed by atoms with Gasteiger partial charge in [0.15, 0.2) is 0 Å². The predicted octanol–water partition coefficient (Wildman–Crippen LogP) is 2.78. The number of nitrogens with one attached hydrogen (secondary N) is 1. The van der Waals surface area contributed by atoms with Gasteiger partial charge in [0.25, 0.3) is 0 Å². The van der Waals surface area contributed by atoms with Gasteiger partial charge in [-0.25, -0.2) is 0 Å². The average molecular weight is 306 g/mol. The number of hydrogen-bond acceptors (Lipinski definition) is 3. The highest BCUT2D eigenvalue weighted by Crippen LogP contribution is 2.57. The van der Waals surface area contributed by atoms with Crippen LogP contribution in [0.1, 0.15) is 18.4 Å². The first kappa shape index (κ1) is 13.1. The maximum absolute atomic E-state index is 12.6. The number of fused-ring (bicyclic) bond motifs is 1. The number of carbonyl (C=O) groups is 2. The van der Waals surface area contributed by atoms with Crippen LogP contribution in [0.3, 0.4) is 0 Å². The van der Waals surface area contributed by atoms with Gasteiger partial charge in [-0.05, 0) is 43.4 Å². The van der Waals surface area contributed by atoms with Gasteiger partial charge in [0, 0.05) is 16.6 Å². The maximum Gasteiger partial charge on any atom is 0.310 e. The molecule has 0 unspecified atom stereocenters. The molecular weight excluding hydrogens is 290 g/mol. The molecule has 5 atom stereocenters. The Hall–Kier alpha value is -1.55. The van der Waals surface area contributed by atoms with Gasteiger partial charge in [0.05, 0.1) is 11.8 Å². The Bertz CT molecular complexity index is 642. The summed E-state index contributed by atoms with van der Waals surface area (Å²) >= 11 is 6.08. The Morgan fingerprint density at radius 2 is 2.19 bits per heavy atom. The Labute approximate surface area is 127 Å². The molecule has 110 valence electrons. The first-order valence-electron chi connectivity index (χ1n) is 7.32. The quantitative estimate of drug-likeness (QED) is 0.855. The lowest BCUT2D eigenvalue weighted by Crippen LogP contribution is -2.35. The van der Waals surface area contributed by atoms with Crippen LogP contribution < -0.4 is 5.32 Å². The Kier molecular flexibility index (Phi) is 2.80. The van der Waals surface area contributed by atoms with Crippen molar-refractivity contribution in [3.8, 4) is 0 Å². The van der Waals surface area contributed by atoms with Gasteiger partial charge in [-0.2, -0.15) is 0 Å². The molecule has 0 spiro atoms. The molecule has 5 heteroatoms. The zero-order valence-corrected chi connectivity index (χ0v) is 12.4. The van der Waals surface area contributed by atoms with Crippen LogP contribution in [0, 0.1) is 30.6 Å². The fourth-order valence-electron chi connectivity index (χ4n) is 4.26. The third-order valence-electron chi connectivity index (χ3n) is 5.23. The lowest BCUT2D eigenvalue weighted by atomic mass is 9.79. The number of aryl methyl sites for hydroxylation is 1. The van der Waals surface area contributed by atoms with E-state index < -0.39 is 0 Å². The Balaban J connectivity index is 1.55. The van der Waals surface area contributed by atoms with Gasteiger partial charge < -0.3 is 10.1 Å². The molecule has 2 saturated carbocycles. The highest BCUT2D eigenvalue weighted by atomic mass is 35.5. The van der Waals surface area contributed by atoms with E-state index in [4.69, 9.17) is 16.3 Å². The van der Waals surface area contributed by atoms with Crippen LogP contribution in [0.5, 0.6) is 0 Å². The molecule has 3 aliphatic rings. The van der Waals surface area contributed by atoms with E-state index in [0.717, 1.165) is 18.4 Å². The third-order valence-corrected chi connectivity index (χ3v) is 5.63. The minimum atomic E-state index is -0.249. The number of halogens is 1. The van der Waals surface area contributed by atoms with Crippen LogP contribution in [0.2, 0.25) is 5.02 Å². The first-order chi connectivity index (χ1) is 10.0. The second-order valence-corrected chi connectivity index (χ2v) is 6.78. The van der Waals surface area contributed by atoms with Crippen molar-refractivity contribution >= 4 is 29.2 Å². The number of benzene rings is 1. The monoisotopic (exact) mass is 305 g/mol. The molecule has 4 nitrogen and oxygen atoms in total. The van der Waals surface area contributed by atoms with E-state index in [2.05, 4.69) is 5.32 Å². The standard InChI is InChI=1S/C16H16ClNO3/c1-7-2-3-9(6-11(7)17)18-15(19)13-8-4-10-12(5-8)21-16(20)14(10)13/h2-3,6,8,10,12-14H,4-5H2,1H3,(H,18,19)/t8-,10-,12+,13-,14-/m1/s1. The van der Waals surface area contributed by atoms with Gasteiger partial charge in [-0.1, -0.05) is 17.7 Å². The summed E-state index contributed by atoms with van der Waals surface area (Å²) in [7, 11) is 0. The molecule has 3 fully saturated rings. The molecule has 2 bridgehead atoms. The zero-order valence-electron chi connectivity index (χ0n) is 11.6. The minimum Gasteiger partial charge on any atom is -0.462 e. The number of rotatable bonds is 2. The number of amides is 1. The highest BCUT2D eigenvalue weighted by molar-refractivity contribution is 6.31. The lowest BCUT2D eigenvalue weighted by Gasteiger charge is -2.23. The summed E-state index contributed by atoms with van der Waals surface area (Å²) in [5.41, 5.74) is 1.65. The van der Waals surface area contributed by atoms with Crippen molar-refractivity contribution in [1.29, 1.82) is 0 Å². The maximum atomic E-state index is 12.6. The largest absolute Gasteiger partial charge is 0.462 e. The molecule has 0 aromatic heterocycles. The second kappa shape index (κ2) is 4.47. The number of hydrogen-bond donors (Lipinski definition) is 1. The fraction of sp³-hybridized carbons (Fsp3) is 0.500. The summed E-state index contributed by atoms with van der Waals surface area (Å²) in [6.45, 7) is 1.92. The Morgan fingerprint density at radius 3 is 2.95 bits per heavy atom. The van der Waals surface area contributed by atoms with Crippen molar-refractivity contribution in [2.75, 3.05) is 5.32 Å². The lowest BCUT2D eigenvalue weighted by molar-refractivity contribution is -0.145. The van der Waals surface area contributed by atoms with E-state index in [1.54, 1.807) is 6.07 Å². The van der Waals surface area contributed by atoms with E-state index in [1.807, 2.05) is 19.1 Å². The normalized spacial score (nSPS) is 35.9. The van der Waals surface area contributed by atoms with Crippen LogP contribution >= 0.6 is 11.6 Å². The van der Waals surface area contributed by atoms with Gasteiger partial charge in [-0.15, -0.1) is 0 Å². The number of anilines is 1. The third kappa shape index (κ3) is 1.89. The summed E-state index contributed by atoms with van der Waals surface area (Å²) in [5, 5.41) is 3.53. The summed E-state index contributed by atoms with van der Waals surface area (Å²) in [5.74, 6) is -0.231. The van der Waals surface area contributed by atoms with Gasteiger partial charge in [0.1, 0.15) is 6.10 Å². The van der Waals surface area contributed by atoms with Gasteiger partial charge in [-0.3, -0.25) is 9.59 Å². The van der Waals surface area contributed by atoms with Gasteiger partial charge >= 0.3 is 5.97 Å². The van der Waals surface area contributed by atoms with E-state index in [9.17, 15) is 9.59 Å². The van der Waals surface area contributed by atoms with E-state index >= 15 is 0 Å². The molecular formula is C16H16ClNO3. The molecule has 2 aliphatic carbocycles. The van der Waals surface area contributed by atoms with Crippen LogP contribution in [0.25, 0.3) is 0 Å². The van der Waals surface area contributed by atoms with Crippen LogP contribution in [-0.2, 0) is 14.3 Å². The molecule has 1 amide bonds. The van der Waals surface area contributed by atoms with Crippen molar-refractivity contribution in [3.63, 3.8) is 0 Å². The van der Waals surface area contributed by atoms with Crippen LogP contribution in [0.15, 0.2) is 18.2 Å². The number of esters is 1. The fourth-order valence-corrected chi connectivity index (χ4v) is 4.44. The smallest absolute Gasteiger partial charge is 0.310 e. The van der Waals surface area contributed by atoms with Gasteiger partial charge in [0.2, 0.25) is 5.91 Å². The molecule has 21 heavy (non-hydrogen) atoms. The molecule has 1 aromatic rings. The van der Waals surface area contributed by atoms with E-state index in [0.29, 0.717) is 10.7 Å². The summed E-state index contributed by atoms with van der Waals surface area (Å²) < 4.78 is 5.36. The molecule has 0 radical (unpaired) electrons. The molecule has 1 heterocycles. The molecule has 4 rings (SSSR count). The highest BCUT2D eigenvalue weighted by Gasteiger charge is 2.63. The van der Waals surface area contributed by atoms with Crippen molar-refractivity contribution in [1.82, 2.24) is 0 Å². The van der Waals surface area contributed by atoms with Crippen molar-refractivity contribution in [2.24, 2.45) is 23.7 Å². The molecule has 1 N–H and O–H groups in total. The summed E-state index contributed by atoms with van der Waals surface area (Å²) in [6.07, 6.45) is 1.83. The number of carbonyl (C=O) groups excluding carboxylic acids is 2. The summed E-state index contributed by atoms with van der Waals surface area (Å²) in [6, 6.07) is 5.46. The Morgan fingerprint density at radius 1 is 1.38 bits per heavy atom. The van der Waals surface area contributed by atoms with Crippen molar-refractivity contribution in [2.45, 2.75) is 25.9 Å². The average Bonchev–Trinajstić information content (AvgIpc) is 3.04. The predicted molar refractivity (Wildman–Crippen MR) is 77.9 cm³/mol. The topological polar surface area (TPSA) is 55.4 Å². The second-order valence-electron chi connectivity index (χ2n) is 6.38. The minimum absolute atomic E-state index is 0.0605. The SMILES string of the molecule is Cc1ccc(NC(=O)[C@@H]2[C@@H]3C[C@H]4[C@H]2C(=O)O[C@H]4C3)cc1Cl. The van der Waals surface area contributed by atoms with Crippen LogP contribution in [-0.4, -0.2) is 18.0 Å². The molecule has 1 aliphatic heterocycles. The molecule has 1 aromatic carbocycles. The van der Waals surface area contributed by atoms with Crippen molar-refractivity contribution < 1.29 is 14.3 Å². The zero-order chi connectivity index (χ0) is 14.7. The van der Waals surface area contributed by atoms with Crippen LogP contribution in [0.4, 0.5) is 5.69 Å². The van der Waals surface area contributed by atoms with E-state index in [1.165, 1.54) is 0 Å². The molecule has 1 saturated heterocycles.